The van der Waals surface area contributed by atoms with Gasteiger partial charge in [-0.2, -0.15) is 23.5 Å². The Hall–Kier alpha value is -0.0800. The fourth-order valence-electron chi connectivity index (χ4n) is 1.16. The minimum atomic E-state index is 0.723. The Morgan fingerprint density at radius 2 is 1.50 bits per heavy atom. The minimum absolute atomic E-state index is 0.723. The van der Waals surface area contributed by atoms with Crippen molar-refractivity contribution in [2.24, 2.45) is 0 Å². The van der Waals surface area contributed by atoms with E-state index in [-0.39, 0.29) is 0 Å². The molecule has 0 aliphatic rings. The van der Waals surface area contributed by atoms with Crippen LogP contribution in [0.1, 0.15) is 25.0 Å². The lowest BCUT2D eigenvalue weighted by atomic mass is 10.2. The molecule has 0 spiro atoms. The summed E-state index contributed by atoms with van der Waals surface area (Å²) in [5.74, 6) is 2.26. The molecule has 1 rings (SSSR count). The zero-order valence-corrected chi connectivity index (χ0v) is 10.8. The first kappa shape index (κ1) is 12.0. The fourth-order valence-corrected chi connectivity index (χ4v) is 2.41. The first-order valence-electron chi connectivity index (χ1n) is 4.90. The van der Waals surface area contributed by atoms with E-state index in [9.17, 15) is 0 Å². The van der Waals surface area contributed by atoms with Gasteiger partial charge in [0.2, 0.25) is 0 Å². The van der Waals surface area contributed by atoms with Crippen molar-refractivity contribution >= 4 is 23.5 Å². The molecule has 0 bridgehead atoms. The van der Waals surface area contributed by atoms with E-state index in [1.54, 1.807) is 0 Å². The maximum absolute atomic E-state index is 2.25. The molecule has 14 heavy (non-hydrogen) atoms. The van der Waals surface area contributed by atoms with E-state index in [1.165, 1.54) is 11.1 Å². The van der Waals surface area contributed by atoms with Gasteiger partial charge < -0.3 is 0 Å². The van der Waals surface area contributed by atoms with Gasteiger partial charge in [-0.25, -0.2) is 0 Å². The number of rotatable bonds is 5. The molecule has 0 radical (unpaired) electrons. The largest absolute Gasteiger partial charge is 0.161 e. The van der Waals surface area contributed by atoms with E-state index >= 15 is 0 Å². The van der Waals surface area contributed by atoms with Gasteiger partial charge >= 0.3 is 0 Å². The molecule has 0 unspecified atom stereocenters. The Morgan fingerprint density at radius 1 is 1.00 bits per heavy atom. The van der Waals surface area contributed by atoms with Gasteiger partial charge in [0.15, 0.2) is 0 Å². The maximum Gasteiger partial charge on any atom is 0.0187 e. The van der Waals surface area contributed by atoms with Crippen LogP contribution in [0.3, 0.4) is 0 Å². The molecule has 0 saturated carbocycles. The molecule has 1 aromatic carbocycles. The first-order chi connectivity index (χ1) is 6.72. The molecule has 0 aliphatic heterocycles. The van der Waals surface area contributed by atoms with Crippen molar-refractivity contribution in [2.45, 2.75) is 30.6 Å². The van der Waals surface area contributed by atoms with Gasteiger partial charge in [0.05, 0.1) is 0 Å². The lowest BCUT2D eigenvalue weighted by Gasteiger charge is -2.05. The SMILES string of the molecule is CSCc1ccc(CSC(C)C)cc1. The number of hydrogen-bond donors (Lipinski definition) is 0. The summed E-state index contributed by atoms with van der Waals surface area (Å²) < 4.78 is 0. The van der Waals surface area contributed by atoms with Gasteiger partial charge in [-0.1, -0.05) is 38.1 Å². The summed E-state index contributed by atoms with van der Waals surface area (Å²) in [7, 11) is 0. The zero-order valence-electron chi connectivity index (χ0n) is 9.12. The fraction of sp³-hybridized carbons (Fsp3) is 0.500. The van der Waals surface area contributed by atoms with Crippen molar-refractivity contribution in [2.75, 3.05) is 6.26 Å². The molecule has 0 amide bonds. The Labute approximate surface area is 95.9 Å². The van der Waals surface area contributed by atoms with Crippen LogP contribution in [-0.4, -0.2) is 11.5 Å². The van der Waals surface area contributed by atoms with Crippen LogP contribution in [0.15, 0.2) is 24.3 Å². The summed E-state index contributed by atoms with van der Waals surface area (Å²) in [4.78, 5) is 0. The topological polar surface area (TPSA) is 0 Å². The average molecular weight is 226 g/mol. The normalized spacial score (nSPS) is 10.9. The summed E-state index contributed by atoms with van der Waals surface area (Å²) in [5.41, 5.74) is 2.87. The Morgan fingerprint density at radius 3 is 1.93 bits per heavy atom. The summed E-state index contributed by atoms with van der Waals surface area (Å²) >= 11 is 3.87. The van der Waals surface area contributed by atoms with Gasteiger partial charge in [-0.05, 0) is 22.6 Å². The molecule has 0 aromatic heterocycles. The molecular formula is C12H18S2. The Bertz CT molecular complexity index is 252. The molecule has 1 aromatic rings. The van der Waals surface area contributed by atoms with Gasteiger partial charge in [-0.3, -0.25) is 0 Å². The minimum Gasteiger partial charge on any atom is -0.161 e. The molecule has 0 nitrogen and oxygen atoms in total. The van der Waals surface area contributed by atoms with E-state index in [0.29, 0.717) is 0 Å². The molecule has 78 valence electrons. The van der Waals surface area contributed by atoms with Crippen molar-refractivity contribution in [3.63, 3.8) is 0 Å². The van der Waals surface area contributed by atoms with Crippen LogP contribution < -0.4 is 0 Å². The van der Waals surface area contributed by atoms with Crippen molar-refractivity contribution in [3.05, 3.63) is 35.4 Å². The highest BCUT2D eigenvalue weighted by Gasteiger charge is 1.97. The summed E-state index contributed by atoms with van der Waals surface area (Å²) in [6.07, 6.45) is 2.14. The predicted molar refractivity (Wildman–Crippen MR) is 70.1 cm³/mol. The second kappa shape index (κ2) is 6.41. The van der Waals surface area contributed by atoms with E-state index in [0.717, 1.165) is 16.8 Å². The van der Waals surface area contributed by atoms with Crippen LogP contribution in [0.2, 0.25) is 0 Å². The molecule has 0 fully saturated rings. The molecule has 0 heterocycles. The van der Waals surface area contributed by atoms with Crippen LogP contribution in [0.25, 0.3) is 0 Å². The van der Waals surface area contributed by atoms with Crippen molar-refractivity contribution < 1.29 is 0 Å². The summed E-state index contributed by atoms with van der Waals surface area (Å²) in [5, 5.41) is 0.723. The smallest absolute Gasteiger partial charge is 0.0187 e. The van der Waals surface area contributed by atoms with Crippen molar-refractivity contribution in [3.8, 4) is 0 Å². The third kappa shape index (κ3) is 4.43. The highest BCUT2D eigenvalue weighted by molar-refractivity contribution is 7.99. The van der Waals surface area contributed by atoms with Crippen LogP contribution in [0.4, 0.5) is 0 Å². The van der Waals surface area contributed by atoms with Crippen molar-refractivity contribution in [1.82, 2.24) is 0 Å². The van der Waals surface area contributed by atoms with Gasteiger partial charge in [0.25, 0.3) is 0 Å². The van der Waals surface area contributed by atoms with Crippen LogP contribution in [-0.2, 0) is 11.5 Å². The number of benzene rings is 1. The predicted octanol–water partition coefficient (Wildman–Crippen LogP) is 4.19. The van der Waals surface area contributed by atoms with Crippen LogP contribution >= 0.6 is 23.5 Å². The quantitative estimate of drug-likeness (QED) is 0.738. The summed E-state index contributed by atoms with van der Waals surface area (Å²) in [6, 6.07) is 8.99. The Balaban J connectivity index is 2.46. The maximum atomic E-state index is 2.25. The second-order valence-corrected chi connectivity index (χ2v) is 6.04. The lowest BCUT2D eigenvalue weighted by Crippen LogP contribution is -1.89. The second-order valence-electron chi connectivity index (χ2n) is 3.61. The molecular weight excluding hydrogens is 208 g/mol. The number of hydrogen-bond acceptors (Lipinski definition) is 2. The molecule has 0 N–H and O–H groups in total. The van der Waals surface area contributed by atoms with E-state index in [4.69, 9.17) is 0 Å². The zero-order chi connectivity index (χ0) is 10.4. The van der Waals surface area contributed by atoms with Gasteiger partial charge in [-0.15, -0.1) is 0 Å². The van der Waals surface area contributed by atoms with Gasteiger partial charge in [0, 0.05) is 11.5 Å². The average Bonchev–Trinajstić information content (AvgIpc) is 2.17. The number of thioether (sulfide) groups is 2. The van der Waals surface area contributed by atoms with E-state index < -0.39 is 0 Å². The van der Waals surface area contributed by atoms with Gasteiger partial charge in [0.1, 0.15) is 0 Å². The van der Waals surface area contributed by atoms with Crippen LogP contribution in [0.5, 0.6) is 0 Å². The highest BCUT2D eigenvalue weighted by Crippen LogP contribution is 2.18. The van der Waals surface area contributed by atoms with Crippen molar-refractivity contribution in [1.29, 1.82) is 0 Å². The highest BCUT2D eigenvalue weighted by atomic mass is 32.2. The summed E-state index contributed by atoms with van der Waals surface area (Å²) in [6.45, 7) is 4.49. The first-order valence-corrected chi connectivity index (χ1v) is 7.35. The van der Waals surface area contributed by atoms with E-state index in [2.05, 4.69) is 44.4 Å². The third-order valence-corrected chi connectivity index (χ3v) is 3.71. The monoisotopic (exact) mass is 226 g/mol. The molecule has 0 aliphatic carbocycles. The van der Waals surface area contributed by atoms with Crippen LogP contribution in [0, 0.1) is 0 Å². The molecule has 0 saturated heterocycles. The van der Waals surface area contributed by atoms with E-state index in [1.807, 2.05) is 23.5 Å². The lowest BCUT2D eigenvalue weighted by molar-refractivity contribution is 1.11. The Kier molecular flexibility index (Phi) is 5.49. The molecule has 2 heteroatoms. The standard InChI is InChI=1S/C12H18S2/c1-10(2)14-9-12-6-4-11(5-7-12)8-13-3/h4-7,10H,8-9H2,1-3H3. The molecule has 0 atom stereocenters. The third-order valence-electron chi connectivity index (χ3n) is 1.92.